The van der Waals surface area contributed by atoms with Crippen molar-refractivity contribution in [2.45, 2.75) is 26.2 Å². The summed E-state index contributed by atoms with van der Waals surface area (Å²) in [6.07, 6.45) is 16.9. The third-order valence-corrected chi connectivity index (χ3v) is 3.01. The predicted molar refractivity (Wildman–Crippen MR) is 88.4 cm³/mol. The van der Waals surface area contributed by atoms with Gasteiger partial charge in [0.15, 0.2) is 0 Å². The Kier molecular flexibility index (Phi) is 7.20. The third-order valence-electron chi connectivity index (χ3n) is 3.01. The minimum atomic E-state index is 0.659. The summed E-state index contributed by atoms with van der Waals surface area (Å²) < 4.78 is 5.54. The van der Waals surface area contributed by atoms with Crippen LogP contribution >= 0.6 is 0 Å². The lowest BCUT2D eigenvalue weighted by Gasteiger charge is -2.12. The fourth-order valence-corrected chi connectivity index (χ4v) is 1.95. The molecule has 1 aliphatic rings. The van der Waals surface area contributed by atoms with Crippen LogP contribution in [0.5, 0.6) is 0 Å². The molecule has 0 heterocycles. The lowest BCUT2D eigenvalue weighted by atomic mass is 9.95. The highest BCUT2D eigenvalue weighted by atomic mass is 16.5. The van der Waals surface area contributed by atoms with Crippen LogP contribution in [0.1, 0.15) is 26.2 Å². The monoisotopic (exact) mass is 268 g/mol. The number of hydrogen-bond donors (Lipinski definition) is 0. The van der Waals surface area contributed by atoms with Crippen LogP contribution < -0.4 is 0 Å². The molecule has 0 atom stereocenters. The Bertz CT molecular complexity index is 484. The van der Waals surface area contributed by atoms with E-state index < -0.39 is 0 Å². The summed E-state index contributed by atoms with van der Waals surface area (Å²) in [4.78, 5) is 0. The minimum Gasteiger partial charge on any atom is -0.494 e. The van der Waals surface area contributed by atoms with Gasteiger partial charge in [-0.3, -0.25) is 0 Å². The molecule has 106 valence electrons. The normalized spacial score (nSPS) is 16.8. The molecule has 0 spiro atoms. The van der Waals surface area contributed by atoms with Crippen molar-refractivity contribution in [1.29, 1.82) is 0 Å². The highest BCUT2D eigenvalue weighted by Gasteiger charge is 2.05. The molecule has 0 bridgehead atoms. The van der Waals surface area contributed by atoms with E-state index in [9.17, 15) is 0 Å². The molecular weight excluding hydrogens is 244 g/mol. The van der Waals surface area contributed by atoms with Gasteiger partial charge >= 0.3 is 0 Å². The maximum absolute atomic E-state index is 5.54. The number of allylic oxidation sites excluding steroid dienone is 10. The third kappa shape index (κ3) is 5.31. The molecule has 1 nitrogen and oxygen atoms in total. The van der Waals surface area contributed by atoms with Gasteiger partial charge < -0.3 is 4.74 Å². The first-order valence-electron chi connectivity index (χ1n) is 7.04. The molecule has 1 rings (SSSR count). The van der Waals surface area contributed by atoms with E-state index in [0.29, 0.717) is 6.61 Å². The summed E-state index contributed by atoms with van der Waals surface area (Å²) in [5.74, 6) is 0.851. The van der Waals surface area contributed by atoms with Crippen LogP contribution in [0.15, 0.2) is 84.7 Å². The van der Waals surface area contributed by atoms with Crippen LogP contribution in [0, 0.1) is 0 Å². The van der Waals surface area contributed by atoms with Crippen molar-refractivity contribution in [1.82, 2.24) is 0 Å². The molecule has 0 saturated heterocycles. The van der Waals surface area contributed by atoms with Crippen molar-refractivity contribution in [2.75, 3.05) is 6.61 Å². The van der Waals surface area contributed by atoms with Gasteiger partial charge in [-0.2, -0.15) is 0 Å². The first-order chi connectivity index (χ1) is 9.71. The van der Waals surface area contributed by atoms with E-state index in [1.807, 2.05) is 19.1 Å². The SMILES string of the molecule is C=C/C=C(\C=C1\C=CC(C(=C)CCC=C)=CC1)OCC. The Labute approximate surface area is 123 Å². The zero-order valence-electron chi connectivity index (χ0n) is 12.4. The fraction of sp³-hybridized carbons (Fsp3) is 0.263. The van der Waals surface area contributed by atoms with Crippen LogP contribution in [-0.2, 0) is 4.74 Å². The summed E-state index contributed by atoms with van der Waals surface area (Å²) >= 11 is 0. The van der Waals surface area contributed by atoms with E-state index in [1.54, 1.807) is 6.08 Å². The van der Waals surface area contributed by atoms with Crippen molar-refractivity contribution in [3.05, 3.63) is 84.7 Å². The first kappa shape index (κ1) is 16.0. The van der Waals surface area contributed by atoms with Crippen LogP contribution in [0.3, 0.4) is 0 Å². The summed E-state index contributed by atoms with van der Waals surface area (Å²) in [7, 11) is 0. The van der Waals surface area contributed by atoms with Crippen molar-refractivity contribution in [3.8, 4) is 0 Å². The largest absolute Gasteiger partial charge is 0.494 e. The van der Waals surface area contributed by atoms with Gasteiger partial charge in [-0.05, 0) is 55.1 Å². The second-order valence-electron chi connectivity index (χ2n) is 4.58. The van der Waals surface area contributed by atoms with Crippen LogP contribution in [0.4, 0.5) is 0 Å². The lowest BCUT2D eigenvalue weighted by molar-refractivity contribution is 0.242. The fourth-order valence-electron chi connectivity index (χ4n) is 1.95. The number of hydrogen-bond acceptors (Lipinski definition) is 1. The molecule has 1 aliphatic carbocycles. The maximum atomic E-state index is 5.54. The minimum absolute atomic E-state index is 0.659. The molecule has 0 aromatic carbocycles. The van der Waals surface area contributed by atoms with Gasteiger partial charge in [0.1, 0.15) is 5.76 Å². The molecular formula is C19H24O. The van der Waals surface area contributed by atoms with E-state index in [1.165, 1.54) is 16.7 Å². The van der Waals surface area contributed by atoms with Crippen molar-refractivity contribution in [2.24, 2.45) is 0 Å². The molecule has 1 heteroatoms. The Hall–Kier alpha value is -2.02. The zero-order chi connectivity index (χ0) is 14.8. The Morgan fingerprint density at radius 1 is 1.35 bits per heavy atom. The molecule has 0 N–H and O–H groups in total. The van der Waals surface area contributed by atoms with Gasteiger partial charge in [-0.25, -0.2) is 0 Å². The van der Waals surface area contributed by atoms with Gasteiger partial charge in [0.2, 0.25) is 0 Å². The summed E-state index contributed by atoms with van der Waals surface area (Å²) in [6.45, 7) is 14.2. The van der Waals surface area contributed by atoms with Crippen LogP contribution in [-0.4, -0.2) is 6.61 Å². The van der Waals surface area contributed by atoms with Gasteiger partial charge in [-0.1, -0.05) is 43.5 Å². The van der Waals surface area contributed by atoms with Crippen LogP contribution in [0.2, 0.25) is 0 Å². The molecule has 0 radical (unpaired) electrons. The Morgan fingerprint density at radius 2 is 2.15 bits per heavy atom. The second-order valence-corrected chi connectivity index (χ2v) is 4.58. The van der Waals surface area contributed by atoms with E-state index in [0.717, 1.165) is 25.0 Å². The molecule has 0 aromatic heterocycles. The highest BCUT2D eigenvalue weighted by molar-refractivity contribution is 5.46. The van der Waals surface area contributed by atoms with Gasteiger partial charge in [0, 0.05) is 0 Å². The van der Waals surface area contributed by atoms with Crippen molar-refractivity contribution >= 4 is 0 Å². The molecule has 0 saturated carbocycles. The van der Waals surface area contributed by atoms with Crippen LogP contribution in [0.25, 0.3) is 0 Å². The summed E-state index contributed by atoms with van der Waals surface area (Å²) in [5, 5.41) is 0. The Morgan fingerprint density at radius 3 is 2.70 bits per heavy atom. The first-order valence-corrected chi connectivity index (χ1v) is 7.04. The standard InChI is InChI=1S/C19H24O/c1-5-8-10-16(4)18-13-11-17(12-14-18)15-19(9-6-2)20-7-3/h5-6,9,11,13-15H,1-2,4,7-8,10,12H2,3H3/b17-15-,19-9+. The number of rotatable bonds is 8. The van der Waals surface area contributed by atoms with E-state index in [-0.39, 0.29) is 0 Å². The Balaban J connectivity index is 2.69. The summed E-state index contributed by atoms with van der Waals surface area (Å²) in [6, 6.07) is 0. The molecule has 0 aromatic rings. The zero-order valence-corrected chi connectivity index (χ0v) is 12.4. The molecule has 0 unspecified atom stereocenters. The number of ether oxygens (including phenoxy) is 1. The van der Waals surface area contributed by atoms with Crippen molar-refractivity contribution < 1.29 is 4.74 Å². The quantitative estimate of drug-likeness (QED) is 0.324. The second kappa shape index (κ2) is 8.98. The predicted octanol–water partition coefficient (Wildman–Crippen LogP) is 5.43. The van der Waals surface area contributed by atoms with E-state index in [2.05, 4.69) is 44.0 Å². The average molecular weight is 268 g/mol. The van der Waals surface area contributed by atoms with Gasteiger partial charge in [0.25, 0.3) is 0 Å². The smallest absolute Gasteiger partial charge is 0.119 e. The average Bonchev–Trinajstić information content (AvgIpc) is 2.46. The summed E-state index contributed by atoms with van der Waals surface area (Å²) in [5.41, 5.74) is 3.63. The van der Waals surface area contributed by atoms with Gasteiger partial charge in [0.05, 0.1) is 6.61 Å². The van der Waals surface area contributed by atoms with Crippen molar-refractivity contribution in [3.63, 3.8) is 0 Å². The topological polar surface area (TPSA) is 9.23 Å². The molecule has 20 heavy (non-hydrogen) atoms. The van der Waals surface area contributed by atoms with E-state index >= 15 is 0 Å². The highest BCUT2D eigenvalue weighted by Crippen LogP contribution is 2.24. The molecule has 0 amide bonds. The van der Waals surface area contributed by atoms with E-state index in [4.69, 9.17) is 4.74 Å². The van der Waals surface area contributed by atoms with Gasteiger partial charge in [-0.15, -0.1) is 6.58 Å². The lowest BCUT2D eigenvalue weighted by Crippen LogP contribution is -1.94. The molecule has 0 fully saturated rings. The molecule has 0 aliphatic heterocycles. The maximum Gasteiger partial charge on any atom is 0.119 e.